The second kappa shape index (κ2) is 4.16. The maximum absolute atomic E-state index is 5.52. The zero-order chi connectivity index (χ0) is 10.1. The minimum absolute atomic E-state index is 0.324. The van der Waals surface area contributed by atoms with Crippen LogP contribution in [-0.2, 0) is 0 Å². The summed E-state index contributed by atoms with van der Waals surface area (Å²) in [5.74, 6) is 0. The van der Waals surface area contributed by atoms with Crippen LogP contribution in [0.15, 0.2) is 23.2 Å². The predicted molar refractivity (Wildman–Crippen MR) is 69.2 cm³/mol. The van der Waals surface area contributed by atoms with Crippen molar-refractivity contribution in [3.63, 3.8) is 0 Å². The highest BCUT2D eigenvalue weighted by Crippen LogP contribution is 2.32. The SMILES string of the molecule is CN1C=CSC1C(=S)C1SC=CN1C. The molecule has 76 valence electrons. The van der Waals surface area contributed by atoms with E-state index in [-0.39, 0.29) is 0 Å². The maximum atomic E-state index is 5.52. The molecule has 0 aliphatic carbocycles. The first kappa shape index (κ1) is 10.4. The van der Waals surface area contributed by atoms with Crippen molar-refractivity contribution in [3.8, 4) is 0 Å². The fourth-order valence-electron chi connectivity index (χ4n) is 1.42. The minimum atomic E-state index is 0.324. The Labute approximate surface area is 98.4 Å². The van der Waals surface area contributed by atoms with Crippen LogP contribution in [0.5, 0.6) is 0 Å². The number of thiocarbonyl (C=S) groups is 1. The van der Waals surface area contributed by atoms with E-state index in [0.717, 1.165) is 4.86 Å². The van der Waals surface area contributed by atoms with Crippen LogP contribution in [-0.4, -0.2) is 39.5 Å². The van der Waals surface area contributed by atoms with Crippen LogP contribution in [0.25, 0.3) is 0 Å². The summed E-state index contributed by atoms with van der Waals surface area (Å²) in [6.07, 6.45) is 4.16. The minimum Gasteiger partial charge on any atom is -0.363 e. The summed E-state index contributed by atoms with van der Waals surface area (Å²) in [4.78, 5) is 5.43. The molecule has 2 aliphatic heterocycles. The fraction of sp³-hybridized carbons (Fsp3) is 0.444. The number of thioether (sulfide) groups is 2. The zero-order valence-electron chi connectivity index (χ0n) is 8.08. The Kier molecular flexibility index (Phi) is 3.09. The van der Waals surface area contributed by atoms with Crippen LogP contribution in [0.2, 0.25) is 0 Å². The highest BCUT2D eigenvalue weighted by atomic mass is 32.2. The van der Waals surface area contributed by atoms with Crippen molar-refractivity contribution in [1.29, 1.82) is 0 Å². The van der Waals surface area contributed by atoms with Gasteiger partial charge in [-0.3, -0.25) is 0 Å². The van der Waals surface area contributed by atoms with E-state index in [2.05, 4.69) is 47.1 Å². The van der Waals surface area contributed by atoms with Gasteiger partial charge in [0.25, 0.3) is 0 Å². The van der Waals surface area contributed by atoms with E-state index in [1.54, 1.807) is 23.5 Å². The van der Waals surface area contributed by atoms with Crippen LogP contribution in [0, 0.1) is 0 Å². The Balaban J connectivity index is 2.02. The molecule has 0 spiro atoms. The van der Waals surface area contributed by atoms with Gasteiger partial charge in [-0.15, -0.1) is 23.5 Å². The molecular formula is C9H12N2S3. The summed E-state index contributed by atoms with van der Waals surface area (Å²) in [6.45, 7) is 0. The second-order valence-corrected chi connectivity index (χ2v) is 5.73. The van der Waals surface area contributed by atoms with Gasteiger partial charge >= 0.3 is 0 Å². The van der Waals surface area contributed by atoms with Gasteiger partial charge in [-0.1, -0.05) is 12.2 Å². The van der Waals surface area contributed by atoms with E-state index in [0.29, 0.717) is 10.7 Å². The number of rotatable bonds is 2. The van der Waals surface area contributed by atoms with Crippen LogP contribution in [0.3, 0.4) is 0 Å². The quantitative estimate of drug-likeness (QED) is 0.686. The molecular weight excluding hydrogens is 232 g/mol. The normalized spacial score (nSPS) is 30.4. The van der Waals surface area contributed by atoms with Gasteiger partial charge < -0.3 is 9.80 Å². The molecule has 0 radical (unpaired) electrons. The third-order valence-corrected chi connectivity index (χ3v) is 5.22. The van der Waals surface area contributed by atoms with Crippen molar-refractivity contribution in [2.24, 2.45) is 0 Å². The zero-order valence-corrected chi connectivity index (χ0v) is 10.5. The van der Waals surface area contributed by atoms with Crippen LogP contribution in [0.1, 0.15) is 0 Å². The van der Waals surface area contributed by atoms with Crippen LogP contribution < -0.4 is 0 Å². The lowest BCUT2D eigenvalue weighted by Gasteiger charge is -2.28. The van der Waals surface area contributed by atoms with E-state index in [1.807, 2.05) is 0 Å². The molecule has 0 bridgehead atoms. The molecule has 0 N–H and O–H groups in total. The summed E-state index contributed by atoms with van der Waals surface area (Å²) in [7, 11) is 4.14. The largest absolute Gasteiger partial charge is 0.363 e. The monoisotopic (exact) mass is 244 g/mol. The number of hydrogen-bond acceptors (Lipinski definition) is 5. The molecule has 0 saturated carbocycles. The molecule has 14 heavy (non-hydrogen) atoms. The predicted octanol–water partition coefficient (Wildman–Crippen LogP) is 2.31. The Hall–Kier alpha value is -0.130. The van der Waals surface area contributed by atoms with Crippen molar-refractivity contribution < 1.29 is 0 Å². The van der Waals surface area contributed by atoms with Crippen LogP contribution in [0.4, 0.5) is 0 Å². The van der Waals surface area contributed by atoms with Gasteiger partial charge in [-0.2, -0.15) is 0 Å². The molecule has 2 nitrogen and oxygen atoms in total. The van der Waals surface area contributed by atoms with Crippen molar-refractivity contribution in [2.45, 2.75) is 10.7 Å². The summed E-state index contributed by atoms with van der Waals surface area (Å²) in [5.41, 5.74) is 0. The topological polar surface area (TPSA) is 6.48 Å². The first-order valence-electron chi connectivity index (χ1n) is 4.32. The molecule has 0 aromatic rings. The molecule has 5 heteroatoms. The molecule has 0 fully saturated rings. The molecule has 2 aliphatic rings. The molecule has 0 amide bonds. The standard InChI is InChI=1S/C9H12N2S3/c1-10-3-5-13-8(10)7(12)9-11(2)4-6-14-9/h3-6,8-9H,1-2H3. The lowest BCUT2D eigenvalue weighted by Crippen LogP contribution is -2.39. The summed E-state index contributed by atoms with van der Waals surface area (Å²) in [5, 5.41) is 4.85. The summed E-state index contributed by atoms with van der Waals surface area (Å²) in [6, 6.07) is 0. The van der Waals surface area contributed by atoms with E-state index < -0.39 is 0 Å². The Bertz CT molecular complexity index is 272. The average molecular weight is 244 g/mol. The Morgan fingerprint density at radius 1 is 1.07 bits per heavy atom. The van der Waals surface area contributed by atoms with Gasteiger partial charge in [0.1, 0.15) is 10.7 Å². The van der Waals surface area contributed by atoms with Crippen molar-refractivity contribution in [1.82, 2.24) is 9.80 Å². The van der Waals surface area contributed by atoms with Gasteiger partial charge in [0, 0.05) is 26.5 Å². The fourth-order valence-corrected chi connectivity index (χ4v) is 4.04. The molecule has 0 saturated heterocycles. The van der Waals surface area contributed by atoms with Crippen molar-refractivity contribution >= 4 is 40.6 Å². The van der Waals surface area contributed by atoms with Gasteiger partial charge in [-0.05, 0) is 10.8 Å². The van der Waals surface area contributed by atoms with E-state index in [4.69, 9.17) is 12.2 Å². The van der Waals surface area contributed by atoms with E-state index in [9.17, 15) is 0 Å². The molecule has 0 aromatic carbocycles. The lowest BCUT2D eigenvalue weighted by atomic mass is 10.3. The van der Waals surface area contributed by atoms with Gasteiger partial charge in [-0.25, -0.2) is 0 Å². The highest BCUT2D eigenvalue weighted by Gasteiger charge is 2.30. The summed E-state index contributed by atoms with van der Waals surface area (Å²) < 4.78 is 0. The molecule has 2 unspecified atom stereocenters. The molecule has 0 aromatic heterocycles. The third kappa shape index (κ3) is 1.81. The highest BCUT2D eigenvalue weighted by molar-refractivity contribution is 8.06. The van der Waals surface area contributed by atoms with Gasteiger partial charge in [0.15, 0.2) is 0 Å². The van der Waals surface area contributed by atoms with Gasteiger partial charge in [0.2, 0.25) is 0 Å². The van der Waals surface area contributed by atoms with E-state index in [1.165, 1.54) is 0 Å². The lowest BCUT2D eigenvalue weighted by molar-refractivity contribution is 0.469. The second-order valence-electron chi connectivity index (χ2n) is 3.28. The maximum Gasteiger partial charge on any atom is 0.113 e. The van der Waals surface area contributed by atoms with E-state index >= 15 is 0 Å². The number of nitrogens with zero attached hydrogens (tertiary/aromatic N) is 2. The summed E-state index contributed by atoms with van der Waals surface area (Å²) >= 11 is 9.09. The number of hydrogen-bond donors (Lipinski definition) is 0. The Morgan fingerprint density at radius 3 is 1.79 bits per heavy atom. The van der Waals surface area contributed by atoms with Crippen molar-refractivity contribution in [2.75, 3.05) is 14.1 Å². The first-order valence-corrected chi connectivity index (χ1v) is 6.61. The molecule has 2 rings (SSSR count). The third-order valence-electron chi connectivity index (χ3n) is 2.23. The van der Waals surface area contributed by atoms with Gasteiger partial charge in [0.05, 0.1) is 4.86 Å². The smallest absolute Gasteiger partial charge is 0.113 e. The van der Waals surface area contributed by atoms with Crippen molar-refractivity contribution in [3.05, 3.63) is 23.2 Å². The average Bonchev–Trinajstić information content (AvgIpc) is 2.73. The molecule has 2 heterocycles. The molecule has 2 atom stereocenters. The first-order chi connectivity index (χ1) is 6.70. The van der Waals surface area contributed by atoms with Crippen LogP contribution >= 0.6 is 35.7 Å². The Morgan fingerprint density at radius 2 is 1.50 bits per heavy atom.